The molecule has 0 saturated carbocycles. The maximum atomic E-state index is 14.1. The lowest BCUT2D eigenvalue weighted by Crippen LogP contribution is -2.42. The fourth-order valence-corrected chi connectivity index (χ4v) is 5.24. The summed E-state index contributed by atoms with van der Waals surface area (Å²) in [5.41, 5.74) is 4.32. The summed E-state index contributed by atoms with van der Waals surface area (Å²) in [4.78, 5) is 38.4. The van der Waals surface area contributed by atoms with E-state index in [2.05, 4.69) is 15.3 Å². The summed E-state index contributed by atoms with van der Waals surface area (Å²) in [7, 11) is 3.04. The van der Waals surface area contributed by atoms with Crippen LogP contribution in [-0.4, -0.2) is 46.7 Å². The van der Waals surface area contributed by atoms with Crippen LogP contribution in [0.2, 0.25) is 0 Å². The number of methoxy groups -OCH3 is 2. The van der Waals surface area contributed by atoms with E-state index in [1.54, 1.807) is 37.4 Å². The number of ether oxygens (including phenoxy) is 2. The van der Waals surface area contributed by atoms with Crippen molar-refractivity contribution < 1.29 is 23.5 Å². The summed E-state index contributed by atoms with van der Waals surface area (Å²) in [6.07, 6.45) is 0. The molecule has 0 aliphatic rings. The molecular formula is C32H33FN4O4S. The maximum absolute atomic E-state index is 14.1. The van der Waals surface area contributed by atoms with Crippen molar-refractivity contribution in [1.29, 1.82) is 0 Å². The Bertz CT molecular complexity index is 1530. The van der Waals surface area contributed by atoms with Crippen LogP contribution >= 0.6 is 11.8 Å². The number of anilines is 1. The second kappa shape index (κ2) is 14.0. The van der Waals surface area contributed by atoms with Crippen LogP contribution < -0.4 is 14.8 Å². The number of nitrogens with one attached hydrogen (secondary N) is 1. The van der Waals surface area contributed by atoms with Gasteiger partial charge in [0, 0.05) is 24.0 Å². The minimum atomic E-state index is -1.02. The molecule has 2 amide bonds. The fraction of sp³-hybridized carbons (Fsp3) is 0.250. The van der Waals surface area contributed by atoms with Gasteiger partial charge in [0.05, 0.1) is 25.7 Å². The number of carbonyl (C=O) groups is 2. The van der Waals surface area contributed by atoms with E-state index in [9.17, 15) is 14.0 Å². The molecule has 0 saturated heterocycles. The van der Waals surface area contributed by atoms with Crippen molar-refractivity contribution in [3.8, 4) is 11.5 Å². The zero-order chi connectivity index (χ0) is 30.2. The molecule has 0 fully saturated rings. The number of hydrogen-bond donors (Lipinski definition) is 1. The van der Waals surface area contributed by atoms with E-state index in [4.69, 9.17) is 9.47 Å². The Labute approximate surface area is 249 Å². The molecule has 0 aliphatic carbocycles. The van der Waals surface area contributed by atoms with E-state index in [-0.39, 0.29) is 18.2 Å². The zero-order valence-corrected chi connectivity index (χ0v) is 25.0. The Morgan fingerprint density at radius 1 is 0.905 bits per heavy atom. The number of nitrogens with zero attached hydrogens (tertiary/aromatic N) is 3. The molecule has 0 aliphatic heterocycles. The molecule has 1 atom stereocenters. The summed E-state index contributed by atoms with van der Waals surface area (Å²) >= 11 is 1.20. The second-order valence-corrected chi connectivity index (χ2v) is 10.7. The monoisotopic (exact) mass is 588 g/mol. The molecule has 0 radical (unpaired) electrons. The van der Waals surface area contributed by atoms with Gasteiger partial charge in [0.15, 0.2) is 5.16 Å². The second-order valence-electron chi connectivity index (χ2n) is 9.74. The van der Waals surface area contributed by atoms with Crippen LogP contribution in [0.5, 0.6) is 11.5 Å². The van der Waals surface area contributed by atoms with Gasteiger partial charge in [-0.25, -0.2) is 14.4 Å². The van der Waals surface area contributed by atoms with Gasteiger partial charge in [0.2, 0.25) is 5.91 Å². The third kappa shape index (κ3) is 7.85. The van der Waals surface area contributed by atoms with Gasteiger partial charge >= 0.3 is 0 Å². The average molecular weight is 589 g/mol. The van der Waals surface area contributed by atoms with Gasteiger partial charge < -0.3 is 19.7 Å². The van der Waals surface area contributed by atoms with E-state index in [0.717, 1.165) is 17.0 Å². The lowest BCUT2D eigenvalue weighted by molar-refractivity contribution is -0.137. The molecular weight excluding hydrogens is 555 g/mol. The Hall–Kier alpha value is -4.44. The van der Waals surface area contributed by atoms with Crippen LogP contribution in [0.15, 0.2) is 78.0 Å². The molecule has 1 heterocycles. The van der Waals surface area contributed by atoms with Crippen molar-refractivity contribution in [3.05, 3.63) is 107 Å². The Morgan fingerprint density at radius 3 is 2.19 bits per heavy atom. The average Bonchev–Trinajstić information content (AvgIpc) is 2.97. The molecule has 1 unspecified atom stereocenters. The molecule has 0 bridgehead atoms. The Morgan fingerprint density at radius 2 is 1.57 bits per heavy atom. The quantitative estimate of drug-likeness (QED) is 0.168. The fourth-order valence-electron chi connectivity index (χ4n) is 4.40. The van der Waals surface area contributed by atoms with Gasteiger partial charge in [-0.15, -0.1) is 0 Å². The molecule has 0 spiro atoms. The van der Waals surface area contributed by atoms with Gasteiger partial charge in [-0.2, -0.15) is 0 Å². The predicted octanol–water partition coefficient (Wildman–Crippen LogP) is 6.06. The Kier molecular flexibility index (Phi) is 10.1. The van der Waals surface area contributed by atoms with Crippen molar-refractivity contribution in [2.45, 2.75) is 38.5 Å². The molecule has 8 nitrogen and oxygen atoms in total. The van der Waals surface area contributed by atoms with E-state index in [1.165, 1.54) is 35.9 Å². The first-order valence-corrected chi connectivity index (χ1v) is 14.2. The van der Waals surface area contributed by atoms with Gasteiger partial charge in [-0.3, -0.25) is 9.59 Å². The molecule has 4 aromatic rings. The smallest absolute Gasteiger partial charge is 0.251 e. The number of rotatable bonds is 11. The summed E-state index contributed by atoms with van der Waals surface area (Å²) in [6.45, 7) is 5.75. The topological polar surface area (TPSA) is 93.7 Å². The van der Waals surface area contributed by atoms with Crippen LogP contribution in [0.1, 0.15) is 34.1 Å². The summed E-state index contributed by atoms with van der Waals surface area (Å²) in [5, 5.41) is 3.41. The van der Waals surface area contributed by atoms with Gasteiger partial charge in [0.1, 0.15) is 23.4 Å². The Balaban J connectivity index is 1.72. The highest BCUT2D eigenvalue weighted by atomic mass is 32.2. The third-order valence-electron chi connectivity index (χ3n) is 6.49. The number of carbonyl (C=O) groups excluding carboxylic acids is 2. The highest BCUT2D eigenvalue weighted by molar-refractivity contribution is 7.99. The normalized spacial score (nSPS) is 11.5. The maximum Gasteiger partial charge on any atom is 0.251 e. The standard InChI is InChI=1S/C32H33FN4O4S/c1-20-6-10-24(11-7-20)30(31(39)36-27-15-14-26(40-4)17-28(27)41-5)37(18-23-8-12-25(33)13-9-23)29(38)19-42-32-34-21(2)16-22(3)35-32/h6-17,30H,18-19H2,1-5H3,(H,36,39). The van der Waals surface area contributed by atoms with Crippen LogP contribution in [0.3, 0.4) is 0 Å². The van der Waals surface area contributed by atoms with Crippen molar-refractivity contribution in [2.24, 2.45) is 0 Å². The number of halogens is 1. The molecule has 4 rings (SSSR count). The first-order valence-electron chi connectivity index (χ1n) is 13.2. The lowest BCUT2D eigenvalue weighted by atomic mass is 10.0. The van der Waals surface area contributed by atoms with Crippen LogP contribution in [-0.2, 0) is 16.1 Å². The SMILES string of the molecule is COc1ccc(NC(=O)C(c2ccc(C)cc2)N(Cc2ccc(F)cc2)C(=O)CSc2nc(C)cc(C)n2)c(OC)c1. The van der Waals surface area contributed by atoms with Crippen molar-refractivity contribution in [1.82, 2.24) is 14.9 Å². The number of amides is 2. The van der Waals surface area contributed by atoms with E-state index in [1.807, 2.05) is 51.1 Å². The van der Waals surface area contributed by atoms with Gasteiger partial charge in [0.25, 0.3) is 5.91 Å². The van der Waals surface area contributed by atoms with Gasteiger partial charge in [-0.05, 0) is 62.2 Å². The summed E-state index contributed by atoms with van der Waals surface area (Å²) in [5.74, 6) is -0.174. The molecule has 3 aromatic carbocycles. The first-order chi connectivity index (χ1) is 20.2. The molecule has 1 aromatic heterocycles. The molecule has 10 heteroatoms. The highest BCUT2D eigenvalue weighted by Crippen LogP contribution is 2.32. The van der Waals surface area contributed by atoms with Crippen molar-refractivity contribution in [2.75, 3.05) is 25.3 Å². The van der Waals surface area contributed by atoms with Crippen LogP contribution in [0, 0.1) is 26.6 Å². The zero-order valence-electron chi connectivity index (χ0n) is 24.2. The molecule has 1 N–H and O–H groups in total. The van der Waals surface area contributed by atoms with E-state index in [0.29, 0.717) is 33.5 Å². The summed E-state index contributed by atoms with van der Waals surface area (Å²) < 4.78 is 24.5. The number of hydrogen-bond acceptors (Lipinski definition) is 7. The lowest BCUT2D eigenvalue weighted by Gasteiger charge is -2.32. The molecule has 218 valence electrons. The van der Waals surface area contributed by atoms with Crippen LogP contribution in [0.4, 0.5) is 10.1 Å². The minimum absolute atomic E-state index is 0.00835. The third-order valence-corrected chi connectivity index (χ3v) is 7.32. The van der Waals surface area contributed by atoms with E-state index >= 15 is 0 Å². The summed E-state index contributed by atoms with van der Waals surface area (Å²) in [6, 6.07) is 19.2. The minimum Gasteiger partial charge on any atom is -0.497 e. The van der Waals surface area contributed by atoms with Crippen molar-refractivity contribution in [3.63, 3.8) is 0 Å². The number of thioether (sulfide) groups is 1. The largest absolute Gasteiger partial charge is 0.497 e. The first kappa shape index (κ1) is 30.5. The molecule has 42 heavy (non-hydrogen) atoms. The van der Waals surface area contributed by atoms with Gasteiger partial charge in [-0.1, -0.05) is 53.7 Å². The number of aryl methyl sites for hydroxylation is 3. The highest BCUT2D eigenvalue weighted by Gasteiger charge is 2.32. The number of benzene rings is 3. The predicted molar refractivity (Wildman–Crippen MR) is 161 cm³/mol. The number of aromatic nitrogens is 2. The van der Waals surface area contributed by atoms with Crippen molar-refractivity contribution >= 4 is 29.3 Å². The van der Waals surface area contributed by atoms with Crippen LogP contribution in [0.25, 0.3) is 0 Å². The van der Waals surface area contributed by atoms with E-state index < -0.39 is 17.8 Å².